The highest BCUT2D eigenvalue weighted by molar-refractivity contribution is 7.58. The van der Waals surface area contributed by atoms with Crippen LogP contribution in [0.4, 0.5) is 0 Å². The molecule has 8 heteroatoms. The lowest BCUT2D eigenvalue weighted by atomic mass is 10.1. The van der Waals surface area contributed by atoms with Crippen molar-refractivity contribution in [3.8, 4) is 0 Å². The second kappa shape index (κ2) is 6.58. The number of nitrogens with zero attached hydrogens (tertiary/aromatic N) is 1. The second-order valence-electron chi connectivity index (χ2n) is 5.61. The molecular weight excluding hydrogens is 384 g/mol. The van der Waals surface area contributed by atoms with Crippen LogP contribution in [0.2, 0.25) is 10.0 Å². The Kier molecular flexibility index (Phi) is 4.78. The quantitative estimate of drug-likeness (QED) is 0.605. The molecule has 2 aromatic rings. The van der Waals surface area contributed by atoms with Gasteiger partial charge in [-0.1, -0.05) is 54.4 Å². The van der Waals surface area contributed by atoms with E-state index in [1.807, 2.05) is 0 Å². The number of hydrogen-bond donors (Lipinski definition) is 1. The van der Waals surface area contributed by atoms with Crippen LogP contribution < -0.4 is 0 Å². The smallest absolute Gasteiger partial charge is 0.262 e. The van der Waals surface area contributed by atoms with Crippen molar-refractivity contribution in [2.75, 3.05) is 6.16 Å². The Bertz CT molecular complexity index is 896. The number of amides is 2. The van der Waals surface area contributed by atoms with Crippen molar-refractivity contribution in [2.24, 2.45) is 0 Å². The summed E-state index contributed by atoms with van der Waals surface area (Å²) in [6, 6.07) is 10.9. The van der Waals surface area contributed by atoms with Crippen molar-refractivity contribution < 1.29 is 19.0 Å². The van der Waals surface area contributed by atoms with E-state index in [-0.39, 0.29) is 32.9 Å². The van der Waals surface area contributed by atoms with Crippen molar-refractivity contribution in [3.05, 3.63) is 69.2 Å². The number of halogens is 2. The summed E-state index contributed by atoms with van der Waals surface area (Å²) in [4.78, 5) is 36.9. The SMILES string of the molecule is CCP(=O)(O)C(c1cccc(Cl)c1Cl)N1C(=O)c2ccccc2C1=O. The van der Waals surface area contributed by atoms with Crippen LogP contribution in [0.1, 0.15) is 39.0 Å². The predicted molar refractivity (Wildman–Crippen MR) is 96.5 cm³/mol. The standard InChI is InChI=1S/C17H14Cl2NO4P/c1-2-25(23,24)17(12-8-5-9-13(18)14(12)19)20-15(21)10-6-3-4-7-11(10)16(20)22/h3-9,17H,2H2,1H3,(H,23,24). The number of fused-ring (bicyclic) bond motifs is 1. The topological polar surface area (TPSA) is 74.7 Å². The fourth-order valence-corrected chi connectivity index (χ4v) is 4.91. The normalized spacial score (nSPS) is 17.4. The largest absolute Gasteiger partial charge is 0.343 e. The molecule has 0 saturated heterocycles. The maximum Gasteiger partial charge on any atom is 0.262 e. The van der Waals surface area contributed by atoms with Crippen molar-refractivity contribution in [3.63, 3.8) is 0 Å². The van der Waals surface area contributed by atoms with Crippen molar-refractivity contribution in [1.29, 1.82) is 0 Å². The van der Waals surface area contributed by atoms with E-state index in [4.69, 9.17) is 23.2 Å². The zero-order chi connectivity index (χ0) is 18.4. The Hall–Kier alpha value is -1.65. The first-order valence-electron chi connectivity index (χ1n) is 7.52. The zero-order valence-corrected chi connectivity index (χ0v) is 15.6. The molecule has 0 aliphatic carbocycles. The molecule has 2 amide bonds. The number of rotatable bonds is 4. The summed E-state index contributed by atoms with van der Waals surface area (Å²) in [6.07, 6.45) is -0.131. The molecular formula is C17H14Cl2NO4P. The molecule has 0 aromatic heterocycles. The summed E-state index contributed by atoms with van der Waals surface area (Å²) < 4.78 is 12.9. The van der Waals surface area contributed by atoms with Gasteiger partial charge < -0.3 is 4.89 Å². The number of benzene rings is 2. The van der Waals surface area contributed by atoms with Gasteiger partial charge in [-0.05, 0) is 18.2 Å². The summed E-state index contributed by atoms with van der Waals surface area (Å²) in [7, 11) is -3.96. The highest BCUT2D eigenvalue weighted by Crippen LogP contribution is 2.59. The van der Waals surface area contributed by atoms with Gasteiger partial charge in [-0.25, -0.2) is 0 Å². The summed E-state index contributed by atoms with van der Waals surface area (Å²) in [6.45, 7) is 1.52. The van der Waals surface area contributed by atoms with Gasteiger partial charge in [0.15, 0.2) is 0 Å². The minimum Gasteiger partial charge on any atom is -0.343 e. The van der Waals surface area contributed by atoms with E-state index in [9.17, 15) is 19.0 Å². The third-order valence-electron chi connectivity index (χ3n) is 4.16. The van der Waals surface area contributed by atoms with Crippen LogP contribution in [0.25, 0.3) is 0 Å². The minimum atomic E-state index is -3.96. The second-order valence-corrected chi connectivity index (χ2v) is 9.03. The van der Waals surface area contributed by atoms with Crippen LogP contribution in [0, 0.1) is 0 Å². The summed E-state index contributed by atoms with van der Waals surface area (Å²) in [5.41, 5.74) is 0.579. The Morgan fingerprint density at radius 2 is 1.60 bits per heavy atom. The molecule has 0 radical (unpaired) electrons. The fraction of sp³-hybridized carbons (Fsp3) is 0.176. The molecule has 25 heavy (non-hydrogen) atoms. The molecule has 1 heterocycles. The molecule has 1 aliphatic rings. The van der Waals surface area contributed by atoms with E-state index in [1.165, 1.54) is 31.2 Å². The highest BCUT2D eigenvalue weighted by Gasteiger charge is 2.47. The lowest BCUT2D eigenvalue weighted by molar-refractivity contribution is 0.0623. The Morgan fingerprint density at radius 3 is 2.12 bits per heavy atom. The third kappa shape index (κ3) is 2.91. The fourth-order valence-electron chi connectivity index (χ4n) is 2.86. The van der Waals surface area contributed by atoms with Gasteiger partial charge >= 0.3 is 0 Å². The molecule has 2 atom stereocenters. The predicted octanol–water partition coefficient (Wildman–Crippen LogP) is 4.58. The van der Waals surface area contributed by atoms with Crippen molar-refractivity contribution in [2.45, 2.75) is 12.7 Å². The molecule has 1 aliphatic heterocycles. The minimum absolute atomic E-state index is 0.0495. The van der Waals surface area contributed by atoms with E-state index in [1.54, 1.807) is 18.2 Å². The molecule has 130 valence electrons. The summed E-state index contributed by atoms with van der Waals surface area (Å²) in [5.74, 6) is -2.63. The molecule has 0 saturated carbocycles. The number of hydrogen-bond acceptors (Lipinski definition) is 3. The molecule has 0 spiro atoms. The maximum absolute atomic E-state index is 12.9. The van der Waals surface area contributed by atoms with Gasteiger partial charge in [0.05, 0.1) is 21.2 Å². The first-order chi connectivity index (χ1) is 11.8. The average molecular weight is 398 g/mol. The van der Waals surface area contributed by atoms with Crippen LogP contribution in [0.15, 0.2) is 42.5 Å². The lowest BCUT2D eigenvalue weighted by Crippen LogP contribution is -2.34. The van der Waals surface area contributed by atoms with Gasteiger partial charge in [-0.3, -0.25) is 19.1 Å². The zero-order valence-electron chi connectivity index (χ0n) is 13.1. The highest BCUT2D eigenvalue weighted by atomic mass is 35.5. The third-order valence-corrected chi connectivity index (χ3v) is 7.18. The number of imide groups is 1. The molecule has 3 rings (SSSR count). The maximum atomic E-state index is 12.9. The Balaban J connectivity index is 2.21. The van der Waals surface area contributed by atoms with Crippen LogP contribution >= 0.6 is 30.6 Å². The van der Waals surface area contributed by atoms with E-state index >= 15 is 0 Å². The van der Waals surface area contributed by atoms with E-state index < -0.39 is 25.0 Å². The molecule has 0 bridgehead atoms. The van der Waals surface area contributed by atoms with Gasteiger partial charge in [0.1, 0.15) is 5.78 Å². The average Bonchev–Trinajstić information content (AvgIpc) is 2.84. The first kappa shape index (κ1) is 18.2. The molecule has 5 nitrogen and oxygen atoms in total. The molecule has 1 N–H and O–H groups in total. The molecule has 2 aromatic carbocycles. The lowest BCUT2D eigenvalue weighted by Gasteiger charge is -2.30. The van der Waals surface area contributed by atoms with Crippen LogP contribution in [0.3, 0.4) is 0 Å². The monoisotopic (exact) mass is 397 g/mol. The Morgan fingerprint density at radius 1 is 1.04 bits per heavy atom. The van der Waals surface area contributed by atoms with Gasteiger partial charge in [0, 0.05) is 11.7 Å². The van der Waals surface area contributed by atoms with Crippen molar-refractivity contribution >= 4 is 42.4 Å². The van der Waals surface area contributed by atoms with Gasteiger partial charge in [-0.15, -0.1) is 0 Å². The summed E-state index contributed by atoms with van der Waals surface area (Å²) in [5, 5.41) is 0.227. The van der Waals surface area contributed by atoms with E-state index in [0.717, 1.165) is 4.90 Å². The first-order valence-corrected chi connectivity index (χ1v) is 10.2. The summed E-state index contributed by atoms with van der Waals surface area (Å²) >= 11 is 12.3. The number of carbonyl (C=O) groups is 2. The molecule has 2 unspecified atom stereocenters. The Labute approximate surface area is 154 Å². The van der Waals surface area contributed by atoms with Crippen LogP contribution in [-0.4, -0.2) is 27.8 Å². The van der Waals surface area contributed by atoms with Crippen molar-refractivity contribution in [1.82, 2.24) is 4.90 Å². The van der Waals surface area contributed by atoms with Gasteiger partial charge in [0.2, 0.25) is 7.37 Å². The van der Waals surface area contributed by atoms with Crippen LogP contribution in [0.5, 0.6) is 0 Å². The van der Waals surface area contributed by atoms with E-state index in [2.05, 4.69) is 0 Å². The molecule has 0 fully saturated rings. The van der Waals surface area contributed by atoms with Gasteiger partial charge in [-0.2, -0.15) is 0 Å². The van der Waals surface area contributed by atoms with Gasteiger partial charge in [0.25, 0.3) is 11.8 Å². The number of carbonyl (C=O) groups excluding carboxylic acids is 2. The van der Waals surface area contributed by atoms with E-state index in [0.29, 0.717) is 0 Å². The van der Waals surface area contributed by atoms with Crippen LogP contribution in [-0.2, 0) is 4.57 Å².